The summed E-state index contributed by atoms with van der Waals surface area (Å²) in [5, 5.41) is 2.60. The van der Waals surface area contributed by atoms with Gasteiger partial charge in [-0.05, 0) is 36.1 Å². The molecule has 128 valence electrons. The number of benzene rings is 3. The van der Waals surface area contributed by atoms with Crippen LogP contribution >= 0.6 is 17.0 Å². The fourth-order valence-electron chi connectivity index (χ4n) is 3.87. The van der Waals surface area contributed by atoms with E-state index in [-0.39, 0.29) is 0 Å². The SMILES string of the molecule is CC1=Cc2c(cccc2-c2cccc3c2[nH]c2ccccc23)C1.[Cl][Zr][Cl]. The van der Waals surface area contributed by atoms with Gasteiger partial charge in [-0.2, -0.15) is 0 Å². The van der Waals surface area contributed by atoms with Crippen molar-refractivity contribution >= 4 is 44.9 Å². The number of aromatic nitrogens is 1. The van der Waals surface area contributed by atoms with Gasteiger partial charge >= 0.3 is 37.9 Å². The van der Waals surface area contributed by atoms with E-state index in [1.54, 1.807) is 0 Å². The molecule has 0 saturated carbocycles. The number of allylic oxidation sites excluding steroid dienone is 1. The van der Waals surface area contributed by atoms with Gasteiger partial charge in [-0.1, -0.05) is 66.2 Å². The van der Waals surface area contributed by atoms with E-state index in [4.69, 9.17) is 17.0 Å². The second-order valence-corrected chi connectivity index (χ2v) is 10.2. The molecule has 0 fully saturated rings. The Bertz CT molecular complexity index is 1130. The Labute approximate surface area is 171 Å². The Balaban J connectivity index is 0.000000527. The molecular formula is C22H17Cl2NZr. The summed E-state index contributed by atoms with van der Waals surface area (Å²) < 4.78 is 0. The van der Waals surface area contributed by atoms with Gasteiger partial charge in [0, 0.05) is 21.9 Å². The van der Waals surface area contributed by atoms with E-state index < -0.39 is 20.8 Å². The molecule has 26 heavy (non-hydrogen) atoms. The molecule has 0 aliphatic heterocycles. The van der Waals surface area contributed by atoms with Crippen LogP contribution in [0.4, 0.5) is 0 Å². The monoisotopic (exact) mass is 455 g/mol. The summed E-state index contributed by atoms with van der Waals surface area (Å²) >= 11 is -0.826. The molecule has 1 aliphatic rings. The van der Waals surface area contributed by atoms with Crippen LogP contribution in [0, 0.1) is 0 Å². The summed E-state index contributed by atoms with van der Waals surface area (Å²) in [6.07, 6.45) is 3.41. The number of rotatable bonds is 1. The van der Waals surface area contributed by atoms with Gasteiger partial charge in [0.05, 0.1) is 5.52 Å². The zero-order chi connectivity index (χ0) is 18.1. The molecule has 1 aromatic heterocycles. The molecule has 0 unspecified atom stereocenters. The van der Waals surface area contributed by atoms with Gasteiger partial charge in [-0.15, -0.1) is 0 Å². The molecule has 1 nitrogen and oxygen atoms in total. The van der Waals surface area contributed by atoms with Crippen LogP contribution in [0.15, 0.2) is 66.2 Å². The van der Waals surface area contributed by atoms with Gasteiger partial charge in [0.2, 0.25) is 0 Å². The molecule has 0 amide bonds. The van der Waals surface area contributed by atoms with Gasteiger partial charge in [0.15, 0.2) is 0 Å². The fourth-order valence-corrected chi connectivity index (χ4v) is 3.87. The quantitative estimate of drug-likeness (QED) is 0.308. The van der Waals surface area contributed by atoms with Crippen LogP contribution in [0.25, 0.3) is 39.0 Å². The van der Waals surface area contributed by atoms with Crippen molar-refractivity contribution in [3.63, 3.8) is 0 Å². The van der Waals surface area contributed by atoms with Crippen molar-refractivity contribution in [1.82, 2.24) is 4.98 Å². The Morgan fingerprint density at radius 2 is 1.54 bits per heavy atom. The molecular weight excluding hydrogens is 440 g/mol. The number of H-pyrrole nitrogens is 1. The standard InChI is InChI=1S/C22H17N.2ClH.Zr/c1-14-12-15-6-4-8-16(20(15)13-14)18-9-5-10-19-17-7-2-3-11-21(17)23-22(18)19;;;/h2-11,13,23H,12H2,1H3;2*1H;/q;;;+2/p-2. The summed E-state index contributed by atoms with van der Waals surface area (Å²) in [6.45, 7) is 2.22. The first kappa shape index (κ1) is 18.0. The third-order valence-corrected chi connectivity index (χ3v) is 4.89. The molecule has 0 saturated heterocycles. The molecule has 1 heterocycles. The van der Waals surface area contributed by atoms with E-state index in [0.717, 1.165) is 6.42 Å². The van der Waals surface area contributed by atoms with Crippen molar-refractivity contribution in [2.75, 3.05) is 0 Å². The molecule has 4 heteroatoms. The van der Waals surface area contributed by atoms with Crippen LogP contribution in [-0.2, 0) is 27.3 Å². The van der Waals surface area contributed by atoms with E-state index in [2.05, 4.69) is 78.6 Å². The molecule has 4 aromatic rings. The molecule has 3 aromatic carbocycles. The average molecular weight is 458 g/mol. The van der Waals surface area contributed by atoms with E-state index in [1.165, 1.54) is 49.6 Å². The second-order valence-electron chi connectivity index (χ2n) is 6.52. The molecule has 1 aliphatic carbocycles. The Kier molecular flexibility index (Phi) is 5.36. The summed E-state index contributed by atoms with van der Waals surface area (Å²) in [5.41, 5.74) is 9.33. The predicted molar refractivity (Wildman–Crippen MR) is 110 cm³/mol. The van der Waals surface area contributed by atoms with Gasteiger partial charge in [0.1, 0.15) is 0 Å². The third-order valence-electron chi connectivity index (χ3n) is 4.89. The topological polar surface area (TPSA) is 15.8 Å². The molecule has 5 rings (SSSR count). The minimum atomic E-state index is -0.826. The van der Waals surface area contributed by atoms with Crippen LogP contribution < -0.4 is 0 Å². The third kappa shape index (κ3) is 3.20. The Morgan fingerprint density at radius 3 is 2.38 bits per heavy atom. The second kappa shape index (κ2) is 7.73. The number of hydrogen-bond acceptors (Lipinski definition) is 0. The van der Waals surface area contributed by atoms with Gasteiger partial charge < -0.3 is 4.98 Å². The Hall–Kier alpha value is -1.34. The first-order valence-electron chi connectivity index (χ1n) is 8.48. The zero-order valence-electron chi connectivity index (χ0n) is 14.3. The van der Waals surface area contributed by atoms with Gasteiger partial charge in [-0.3, -0.25) is 0 Å². The van der Waals surface area contributed by atoms with Crippen LogP contribution in [-0.4, -0.2) is 4.98 Å². The zero-order valence-corrected chi connectivity index (χ0v) is 18.3. The predicted octanol–water partition coefficient (Wildman–Crippen LogP) is 7.32. The van der Waals surface area contributed by atoms with E-state index in [9.17, 15) is 0 Å². The fraction of sp³-hybridized carbons (Fsp3) is 0.0909. The normalized spacial score (nSPS) is 12.5. The number of aromatic amines is 1. The summed E-state index contributed by atoms with van der Waals surface area (Å²) in [6, 6.07) is 21.8. The van der Waals surface area contributed by atoms with Crippen molar-refractivity contribution in [2.45, 2.75) is 13.3 Å². The van der Waals surface area contributed by atoms with Crippen molar-refractivity contribution in [3.8, 4) is 11.1 Å². The van der Waals surface area contributed by atoms with Gasteiger partial charge in [-0.25, -0.2) is 0 Å². The number of para-hydroxylation sites is 2. The van der Waals surface area contributed by atoms with Gasteiger partial charge in [0.25, 0.3) is 0 Å². The molecule has 1 N–H and O–H groups in total. The number of nitrogens with one attached hydrogen (secondary N) is 1. The first-order valence-corrected chi connectivity index (χ1v) is 14.8. The molecule has 0 radical (unpaired) electrons. The van der Waals surface area contributed by atoms with Crippen LogP contribution in [0.3, 0.4) is 0 Å². The number of hydrogen-bond donors (Lipinski definition) is 1. The van der Waals surface area contributed by atoms with E-state index in [1.807, 2.05) is 0 Å². The van der Waals surface area contributed by atoms with Crippen LogP contribution in [0.1, 0.15) is 18.1 Å². The average Bonchev–Trinajstić information content (AvgIpc) is 3.21. The molecule has 0 spiro atoms. The molecule has 0 atom stereocenters. The van der Waals surface area contributed by atoms with E-state index >= 15 is 0 Å². The number of fused-ring (bicyclic) bond motifs is 4. The van der Waals surface area contributed by atoms with Crippen molar-refractivity contribution < 1.29 is 20.8 Å². The maximum absolute atomic E-state index is 4.93. The Morgan fingerprint density at radius 1 is 0.846 bits per heavy atom. The first-order chi connectivity index (χ1) is 12.7. The minimum absolute atomic E-state index is 0.826. The van der Waals surface area contributed by atoms with Crippen molar-refractivity contribution in [1.29, 1.82) is 0 Å². The van der Waals surface area contributed by atoms with Crippen molar-refractivity contribution in [2.24, 2.45) is 0 Å². The molecule has 0 bridgehead atoms. The maximum atomic E-state index is 4.93. The van der Waals surface area contributed by atoms with Crippen LogP contribution in [0.2, 0.25) is 0 Å². The number of halogens is 2. The summed E-state index contributed by atoms with van der Waals surface area (Å²) in [5.74, 6) is 0. The van der Waals surface area contributed by atoms with Crippen molar-refractivity contribution in [3.05, 3.63) is 77.4 Å². The van der Waals surface area contributed by atoms with E-state index in [0.29, 0.717) is 0 Å². The van der Waals surface area contributed by atoms with Crippen LogP contribution in [0.5, 0.6) is 0 Å². The summed E-state index contributed by atoms with van der Waals surface area (Å²) in [7, 11) is 9.87. The summed E-state index contributed by atoms with van der Waals surface area (Å²) in [4.78, 5) is 3.63.